The average Bonchev–Trinajstić information content (AvgIpc) is 2.39. The van der Waals surface area contributed by atoms with Gasteiger partial charge in [-0.25, -0.2) is 8.78 Å². The molecule has 0 saturated heterocycles. The molecule has 0 saturated carbocycles. The van der Waals surface area contributed by atoms with Crippen molar-refractivity contribution in [2.75, 3.05) is 13.2 Å². The lowest BCUT2D eigenvalue weighted by Gasteiger charge is -2.15. The van der Waals surface area contributed by atoms with Crippen molar-refractivity contribution < 1.29 is 19.1 Å². The molecule has 19 heavy (non-hydrogen) atoms. The number of hydrogen-bond acceptors (Lipinski definition) is 4. The number of nitrogens with two attached hydrogens (primary N) is 1. The molecule has 0 spiro atoms. The minimum absolute atomic E-state index is 0.00516. The number of amidine groups is 1. The molecule has 1 rings (SSSR count). The molecule has 0 fully saturated rings. The average molecular weight is 273 g/mol. The fourth-order valence-corrected chi connectivity index (χ4v) is 1.55. The Morgan fingerprint density at radius 3 is 2.68 bits per heavy atom. The molecule has 106 valence electrons. The van der Waals surface area contributed by atoms with Gasteiger partial charge >= 0.3 is 0 Å². The molecule has 1 aromatic carbocycles. The quantitative estimate of drug-likeness (QED) is 0.267. The summed E-state index contributed by atoms with van der Waals surface area (Å²) in [6, 6.07) is 5.06. The largest absolute Gasteiger partial charge is 0.409 e. The third-order valence-electron chi connectivity index (χ3n) is 2.68. The van der Waals surface area contributed by atoms with E-state index >= 15 is 0 Å². The lowest BCUT2D eigenvalue weighted by molar-refractivity contribution is -0.0477. The van der Waals surface area contributed by atoms with Crippen LogP contribution in [0.2, 0.25) is 0 Å². The summed E-state index contributed by atoms with van der Waals surface area (Å²) in [7, 11) is 0. The minimum atomic E-state index is -3.12. The molecule has 0 radical (unpaired) electrons. The van der Waals surface area contributed by atoms with Crippen molar-refractivity contribution in [3.8, 4) is 0 Å². The van der Waals surface area contributed by atoms with Gasteiger partial charge in [-0.05, 0) is 24.1 Å². The number of halogens is 2. The first-order valence-corrected chi connectivity index (χ1v) is 5.66. The predicted molar refractivity (Wildman–Crippen MR) is 67.4 cm³/mol. The van der Waals surface area contributed by atoms with E-state index in [4.69, 9.17) is 16.0 Å². The first-order valence-electron chi connectivity index (χ1n) is 5.66. The SMILES string of the molecule is Cc1cc(/C(N)=N/O)ccc1CNCC(F)(F)CO. The molecule has 0 aliphatic rings. The van der Waals surface area contributed by atoms with E-state index in [1.54, 1.807) is 25.1 Å². The molecule has 0 heterocycles. The van der Waals surface area contributed by atoms with Gasteiger partial charge < -0.3 is 21.4 Å². The van der Waals surface area contributed by atoms with E-state index in [1.807, 2.05) is 0 Å². The first kappa shape index (κ1) is 15.3. The van der Waals surface area contributed by atoms with E-state index in [0.717, 1.165) is 11.1 Å². The second kappa shape index (κ2) is 6.44. The van der Waals surface area contributed by atoms with Crippen molar-refractivity contribution in [3.05, 3.63) is 34.9 Å². The summed E-state index contributed by atoms with van der Waals surface area (Å²) in [5.41, 5.74) is 7.66. The molecule has 7 heteroatoms. The Morgan fingerprint density at radius 2 is 2.16 bits per heavy atom. The van der Waals surface area contributed by atoms with Crippen molar-refractivity contribution in [1.82, 2.24) is 5.32 Å². The molecule has 0 amide bonds. The number of nitrogens with zero attached hydrogens (tertiary/aromatic N) is 1. The molecule has 0 aliphatic carbocycles. The molecule has 5 nitrogen and oxygen atoms in total. The van der Waals surface area contributed by atoms with Crippen molar-refractivity contribution in [3.63, 3.8) is 0 Å². The van der Waals surface area contributed by atoms with E-state index < -0.39 is 19.1 Å². The maximum Gasteiger partial charge on any atom is 0.282 e. The highest BCUT2D eigenvalue weighted by Gasteiger charge is 2.26. The van der Waals surface area contributed by atoms with Crippen LogP contribution in [0, 0.1) is 6.92 Å². The zero-order chi connectivity index (χ0) is 14.5. The van der Waals surface area contributed by atoms with Gasteiger partial charge in [-0.1, -0.05) is 17.3 Å². The third-order valence-corrected chi connectivity index (χ3v) is 2.68. The van der Waals surface area contributed by atoms with Crippen LogP contribution >= 0.6 is 0 Å². The lowest BCUT2D eigenvalue weighted by atomic mass is 10.0. The molecule has 0 bridgehead atoms. The van der Waals surface area contributed by atoms with Gasteiger partial charge in [0.05, 0.1) is 6.54 Å². The highest BCUT2D eigenvalue weighted by molar-refractivity contribution is 5.97. The minimum Gasteiger partial charge on any atom is -0.409 e. The Bertz CT molecular complexity index is 464. The number of oxime groups is 1. The van der Waals surface area contributed by atoms with E-state index in [0.29, 0.717) is 5.56 Å². The van der Waals surface area contributed by atoms with E-state index in [9.17, 15) is 8.78 Å². The number of rotatable bonds is 6. The number of nitrogens with one attached hydrogen (secondary N) is 1. The van der Waals surface area contributed by atoms with Gasteiger partial charge in [-0.2, -0.15) is 0 Å². The zero-order valence-electron chi connectivity index (χ0n) is 10.5. The maximum absolute atomic E-state index is 12.8. The van der Waals surface area contributed by atoms with Gasteiger partial charge in [0.15, 0.2) is 5.84 Å². The zero-order valence-corrected chi connectivity index (χ0v) is 10.5. The second-order valence-corrected chi connectivity index (χ2v) is 4.24. The summed E-state index contributed by atoms with van der Waals surface area (Å²) in [4.78, 5) is 0. The van der Waals surface area contributed by atoms with Crippen LogP contribution in [0.4, 0.5) is 8.78 Å². The Labute approximate surface area is 109 Å². The van der Waals surface area contributed by atoms with Gasteiger partial charge in [0.2, 0.25) is 0 Å². The number of alkyl halides is 2. The number of aliphatic hydroxyl groups excluding tert-OH is 1. The molecule has 0 atom stereocenters. The topological polar surface area (TPSA) is 90.9 Å². The number of aryl methyl sites for hydroxylation is 1. The van der Waals surface area contributed by atoms with Crippen LogP contribution in [0.15, 0.2) is 23.4 Å². The Balaban J connectivity index is 2.66. The smallest absolute Gasteiger partial charge is 0.282 e. The van der Waals surface area contributed by atoms with Crippen LogP contribution in [0.25, 0.3) is 0 Å². The van der Waals surface area contributed by atoms with Crippen LogP contribution in [-0.4, -0.2) is 35.2 Å². The molecule has 5 N–H and O–H groups in total. The predicted octanol–water partition coefficient (Wildman–Crippen LogP) is 0.807. The summed E-state index contributed by atoms with van der Waals surface area (Å²) >= 11 is 0. The molecule has 0 aromatic heterocycles. The van der Waals surface area contributed by atoms with Crippen molar-refractivity contribution in [2.24, 2.45) is 10.9 Å². The second-order valence-electron chi connectivity index (χ2n) is 4.24. The first-order chi connectivity index (χ1) is 8.89. The normalized spacial score (nSPS) is 12.7. The third kappa shape index (κ3) is 4.46. The number of benzene rings is 1. The summed E-state index contributed by atoms with van der Waals surface area (Å²) < 4.78 is 25.6. The molecular weight excluding hydrogens is 256 g/mol. The fraction of sp³-hybridized carbons (Fsp3) is 0.417. The number of aliphatic hydroxyl groups is 1. The van der Waals surface area contributed by atoms with Crippen LogP contribution in [0.5, 0.6) is 0 Å². The van der Waals surface area contributed by atoms with Gasteiger partial charge in [0, 0.05) is 12.1 Å². The van der Waals surface area contributed by atoms with Gasteiger partial charge in [0.1, 0.15) is 6.61 Å². The summed E-state index contributed by atoms with van der Waals surface area (Å²) in [6.07, 6.45) is 0. The van der Waals surface area contributed by atoms with E-state index in [2.05, 4.69) is 10.5 Å². The summed E-state index contributed by atoms with van der Waals surface area (Å²) in [5.74, 6) is -3.13. The standard InChI is InChI=1S/C12H17F2N3O2/c1-8-4-9(11(15)17-19)2-3-10(8)5-16-6-12(13,14)7-18/h2-4,16,18-19H,5-7H2,1H3,(H2,15,17). The fourth-order valence-electron chi connectivity index (χ4n) is 1.55. The van der Waals surface area contributed by atoms with Crippen LogP contribution < -0.4 is 11.1 Å². The highest BCUT2D eigenvalue weighted by atomic mass is 19.3. The van der Waals surface area contributed by atoms with Crippen molar-refractivity contribution >= 4 is 5.84 Å². The van der Waals surface area contributed by atoms with E-state index in [-0.39, 0.29) is 12.4 Å². The molecule has 0 unspecified atom stereocenters. The van der Waals surface area contributed by atoms with E-state index in [1.165, 1.54) is 0 Å². The lowest BCUT2D eigenvalue weighted by Crippen LogP contribution is -2.35. The van der Waals surface area contributed by atoms with Gasteiger partial charge in [0.25, 0.3) is 5.92 Å². The monoisotopic (exact) mass is 273 g/mol. The van der Waals surface area contributed by atoms with Crippen molar-refractivity contribution in [1.29, 1.82) is 0 Å². The number of hydrogen-bond donors (Lipinski definition) is 4. The molecule has 0 aliphatic heterocycles. The molecular formula is C12H17F2N3O2. The summed E-state index contributed by atoms with van der Waals surface area (Å²) in [5, 5.41) is 22.4. The Kier molecular flexibility index (Phi) is 5.20. The van der Waals surface area contributed by atoms with Crippen LogP contribution in [0.3, 0.4) is 0 Å². The van der Waals surface area contributed by atoms with Crippen LogP contribution in [-0.2, 0) is 6.54 Å². The van der Waals surface area contributed by atoms with Gasteiger partial charge in [-0.15, -0.1) is 0 Å². The summed E-state index contributed by atoms with van der Waals surface area (Å²) in [6.45, 7) is 0.277. The van der Waals surface area contributed by atoms with Crippen molar-refractivity contribution in [2.45, 2.75) is 19.4 Å². The maximum atomic E-state index is 12.8. The Morgan fingerprint density at radius 1 is 1.47 bits per heavy atom. The molecule has 1 aromatic rings. The van der Waals surface area contributed by atoms with Crippen LogP contribution in [0.1, 0.15) is 16.7 Å². The Hall–Kier alpha value is -1.73. The highest BCUT2D eigenvalue weighted by Crippen LogP contribution is 2.13. The van der Waals surface area contributed by atoms with Gasteiger partial charge in [-0.3, -0.25) is 0 Å².